The average molecular weight is 404 g/mol. The fourth-order valence-electron chi connectivity index (χ4n) is 4.26. The summed E-state index contributed by atoms with van der Waals surface area (Å²) in [5.74, 6) is 0.914. The quantitative estimate of drug-likeness (QED) is 0.617. The second-order valence-electron chi connectivity index (χ2n) is 8.31. The van der Waals surface area contributed by atoms with E-state index in [0.29, 0.717) is 12.6 Å². The van der Waals surface area contributed by atoms with Crippen LogP contribution < -0.4 is 15.4 Å². The molecule has 0 spiro atoms. The van der Waals surface area contributed by atoms with Crippen LogP contribution in [0.1, 0.15) is 56.9 Å². The van der Waals surface area contributed by atoms with E-state index in [1.165, 1.54) is 19.3 Å². The molecule has 1 saturated carbocycles. The number of urea groups is 1. The molecule has 162 valence electrons. The predicted molar refractivity (Wildman–Crippen MR) is 115 cm³/mol. The number of likely N-dealkylation sites (tertiary alicyclic amines) is 1. The van der Waals surface area contributed by atoms with Gasteiger partial charge in [-0.25, -0.2) is 4.79 Å². The van der Waals surface area contributed by atoms with Crippen molar-refractivity contribution in [1.82, 2.24) is 15.5 Å². The Morgan fingerprint density at radius 3 is 2.69 bits per heavy atom. The van der Waals surface area contributed by atoms with Gasteiger partial charge >= 0.3 is 6.03 Å². The van der Waals surface area contributed by atoms with Crippen molar-refractivity contribution >= 4 is 6.03 Å². The molecular formula is C23H37N3O3. The van der Waals surface area contributed by atoms with E-state index in [1.807, 2.05) is 24.3 Å². The van der Waals surface area contributed by atoms with Crippen molar-refractivity contribution in [2.45, 2.75) is 70.1 Å². The molecule has 0 radical (unpaired) electrons. The highest BCUT2D eigenvalue weighted by molar-refractivity contribution is 5.74. The SMILES string of the molecule is COCCCN1CCC(NC(=O)NCc2cccc(OC3CCCCC3)c2)CC1. The van der Waals surface area contributed by atoms with Crippen molar-refractivity contribution in [3.63, 3.8) is 0 Å². The van der Waals surface area contributed by atoms with Gasteiger partial charge in [0.1, 0.15) is 5.75 Å². The Labute approximate surface area is 175 Å². The number of methoxy groups -OCH3 is 1. The first kappa shape index (κ1) is 21.9. The van der Waals surface area contributed by atoms with E-state index >= 15 is 0 Å². The van der Waals surface area contributed by atoms with Crippen molar-refractivity contribution in [3.8, 4) is 5.75 Å². The number of carbonyl (C=O) groups is 1. The van der Waals surface area contributed by atoms with Gasteiger partial charge in [-0.1, -0.05) is 18.6 Å². The molecule has 0 unspecified atom stereocenters. The highest BCUT2D eigenvalue weighted by Gasteiger charge is 2.20. The molecule has 6 nitrogen and oxygen atoms in total. The maximum atomic E-state index is 12.3. The Hall–Kier alpha value is -1.79. The zero-order valence-corrected chi connectivity index (χ0v) is 17.8. The van der Waals surface area contributed by atoms with Crippen molar-refractivity contribution in [2.75, 3.05) is 33.4 Å². The summed E-state index contributed by atoms with van der Waals surface area (Å²) >= 11 is 0. The number of ether oxygens (including phenoxy) is 2. The van der Waals surface area contributed by atoms with Crippen LogP contribution >= 0.6 is 0 Å². The molecule has 6 heteroatoms. The van der Waals surface area contributed by atoms with Crippen LogP contribution in [0.2, 0.25) is 0 Å². The predicted octanol–water partition coefficient (Wildman–Crippen LogP) is 3.70. The lowest BCUT2D eigenvalue weighted by atomic mass is 9.98. The summed E-state index contributed by atoms with van der Waals surface area (Å²) in [5.41, 5.74) is 1.07. The summed E-state index contributed by atoms with van der Waals surface area (Å²) in [6, 6.07) is 8.28. The number of rotatable bonds is 9. The summed E-state index contributed by atoms with van der Waals surface area (Å²) in [4.78, 5) is 14.7. The van der Waals surface area contributed by atoms with E-state index < -0.39 is 0 Å². The lowest BCUT2D eigenvalue weighted by Crippen LogP contribution is -2.47. The van der Waals surface area contributed by atoms with Crippen molar-refractivity contribution in [1.29, 1.82) is 0 Å². The van der Waals surface area contributed by atoms with Crippen LogP contribution in [0.4, 0.5) is 4.79 Å². The van der Waals surface area contributed by atoms with E-state index in [4.69, 9.17) is 9.47 Å². The Bertz CT molecular complexity index is 611. The summed E-state index contributed by atoms with van der Waals surface area (Å²) in [7, 11) is 1.74. The van der Waals surface area contributed by atoms with Crippen molar-refractivity contribution < 1.29 is 14.3 Å². The maximum Gasteiger partial charge on any atom is 0.315 e. The molecule has 1 aromatic rings. The van der Waals surface area contributed by atoms with Gasteiger partial charge in [0.25, 0.3) is 0 Å². The number of piperidine rings is 1. The van der Waals surface area contributed by atoms with E-state index in [9.17, 15) is 4.79 Å². The smallest absolute Gasteiger partial charge is 0.315 e. The zero-order chi connectivity index (χ0) is 20.3. The topological polar surface area (TPSA) is 62.8 Å². The van der Waals surface area contributed by atoms with Crippen LogP contribution in [0.15, 0.2) is 24.3 Å². The minimum atomic E-state index is -0.0820. The molecule has 2 fully saturated rings. The molecule has 29 heavy (non-hydrogen) atoms. The Kier molecular flexibility index (Phi) is 9.09. The molecule has 1 aliphatic carbocycles. The van der Waals surface area contributed by atoms with Crippen LogP contribution in [-0.4, -0.2) is 56.4 Å². The Morgan fingerprint density at radius 2 is 1.93 bits per heavy atom. The first-order valence-corrected chi connectivity index (χ1v) is 11.2. The standard InChI is InChI=1S/C23H37N3O3/c1-28-16-6-13-26-14-11-20(12-15-26)25-23(27)24-18-19-7-5-10-22(17-19)29-21-8-3-2-4-9-21/h5,7,10,17,20-21H,2-4,6,8-9,11-16,18H2,1H3,(H2,24,25,27). The Morgan fingerprint density at radius 1 is 1.14 bits per heavy atom. The van der Waals surface area contributed by atoms with Gasteiger partial charge < -0.3 is 25.0 Å². The number of nitrogens with zero attached hydrogens (tertiary/aromatic N) is 1. The number of carbonyl (C=O) groups excluding carboxylic acids is 1. The summed E-state index contributed by atoms with van der Waals surface area (Å²) in [6.45, 7) is 4.48. The fourth-order valence-corrected chi connectivity index (χ4v) is 4.26. The summed E-state index contributed by atoms with van der Waals surface area (Å²) in [6.07, 6.45) is 9.57. The molecule has 2 amide bonds. The van der Waals surface area contributed by atoms with Gasteiger partial charge in [0, 0.05) is 45.9 Å². The third kappa shape index (κ3) is 7.86. The van der Waals surface area contributed by atoms with Gasteiger partial charge in [0.15, 0.2) is 0 Å². The average Bonchev–Trinajstić information content (AvgIpc) is 2.75. The molecule has 1 aliphatic heterocycles. The highest BCUT2D eigenvalue weighted by atomic mass is 16.5. The molecule has 0 aromatic heterocycles. The largest absolute Gasteiger partial charge is 0.490 e. The van der Waals surface area contributed by atoms with E-state index in [-0.39, 0.29) is 12.1 Å². The molecular weight excluding hydrogens is 366 g/mol. The summed E-state index contributed by atoms with van der Waals surface area (Å²) < 4.78 is 11.2. The monoisotopic (exact) mass is 403 g/mol. The van der Waals surface area contributed by atoms with Crippen LogP contribution in [0, 0.1) is 0 Å². The van der Waals surface area contributed by atoms with Crippen LogP contribution in [0.3, 0.4) is 0 Å². The lowest BCUT2D eigenvalue weighted by Gasteiger charge is -2.32. The molecule has 2 N–H and O–H groups in total. The first-order valence-electron chi connectivity index (χ1n) is 11.2. The van der Waals surface area contributed by atoms with Crippen molar-refractivity contribution in [2.24, 2.45) is 0 Å². The number of benzene rings is 1. The van der Waals surface area contributed by atoms with Crippen LogP contribution in [0.25, 0.3) is 0 Å². The molecule has 1 aromatic carbocycles. The Balaban J connectivity index is 1.35. The first-order chi connectivity index (χ1) is 14.2. The molecule has 0 bridgehead atoms. The molecule has 2 aliphatic rings. The third-order valence-corrected chi connectivity index (χ3v) is 5.95. The maximum absolute atomic E-state index is 12.3. The fraction of sp³-hybridized carbons (Fsp3) is 0.696. The van der Waals surface area contributed by atoms with Crippen molar-refractivity contribution in [3.05, 3.63) is 29.8 Å². The zero-order valence-electron chi connectivity index (χ0n) is 17.8. The highest BCUT2D eigenvalue weighted by Crippen LogP contribution is 2.24. The number of amides is 2. The van der Waals surface area contributed by atoms with Crippen LogP contribution in [0.5, 0.6) is 5.75 Å². The molecule has 0 atom stereocenters. The molecule has 1 heterocycles. The minimum Gasteiger partial charge on any atom is -0.490 e. The van der Waals surface area contributed by atoms with Gasteiger partial charge in [-0.3, -0.25) is 0 Å². The number of hydrogen-bond acceptors (Lipinski definition) is 4. The van der Waals surface area contributed by atoms with Gasteiger partial charge in [0.2, 0.25) is 0 Å². The van der Waals surface area contributed by atoms with Gasteiger partial charge in [-0.2, -0.15) is 0 Å². The number of hydrogen-bond donors (Lipinski definition) is 2. The summed E-state index contributed by atoms with van der Waals surface area (Å²) in [5, 5.41) is 6.12. The van der Waals surface area contributed by atoms with Crippen LogP contribution in [-0.2, 0) is 11.3 Å². The molecule has 3 rings (SSSR count). The van der Waals surface area contributed by atoms with E-state index in [1.54, 1.807) is 7.11 Å². The number of nitrogens with one attached hydrogen (secondary N) is 2. The van der Waals surface area contributed by atoms with Gasteiger partial charge in [-0.05, 0) is 62.6 Å². The second-order valence-corrected chi connectivity index (χ2v) is 8.31. The van der Waals surface area contributed by atoms with E-state index in [2.05, 4.69) is 15.5 Å². The van der Waals surface area contributed by atoms with Gasteiger partial charge in [-0.15, -0.1) is 0 Å². The third-order valence-electron chi connectivity index (χ3n) is 5.95. The minimum absolute atomic E-state index is 0.0820. The normalized spacial score (nSPS) is 19.1. The molecule has 1 saturated heterocycles. The van der Waals surface area contributed by atoms with Gasteiger partial charge in [0.05, 0.1) is 6.10 Å². The second kappa shape index (κ2) is 12.0. The van der Waals surface area contributed by atoms with E-state index in [0.717, 1.165) is 69.7 Å². The lowest BCUT2D eigenvalue weighted by molar-refractivity contribution is 0.153.